The highest BCUT2D eigenvalue weighted by atomic mass is 19.2. The fourth-order valence-corrected chi connectivity index (χ4v) is 7.77. The minimum atomic E-state index is -1.57. The monoisotopic (exact) mass is 912 g/mol. The maximum atomic E-state index is 14.8. The summed E-state index contributed by atoms with van der Waals surface area (Å²) in [5.74, 6) is -6.48. The third-order valence-electron chi connectivity index (χ3n) is 11.4. The Morgan fingerprint density at radius 3 is 1.42 bits per heavy atom. The first-order valence-corrected chi connectivity index (χ1v) is 21.4. The molecule has 2 aliphatic heterocycles. The van der Waals surface area contributed by atoms with Crippen LogP contribution < -0.4 is 21.1 Å². The lowest BCUT2D eigenvalue weighted by atomic mass is 9.77. The first-order chi connectivity index (χ1) is 31.0. The van der Waals surface area contributed by atoms with E-state index in [-0.39, 0.29) is 29.6 Å². The van der Waals surface area contributed by atoms with Crippen molar-refractivity contribution in [2.24, 2.45) is 27.8 Å². The SMILES string of the molecule is CCCCC1C(c2ccc(F)cc2)=NN(c2ccc(F)cc2F)C1(C)C(=O)NCCOC.CCCCC1C(c2ccc(F)cc2)=NN(c2ccc(F)cc2F)C1(C)C(=O)O.COCCN. The minimum absolute atomic E-state index is 0.00518. The number of benzene rings is 4. The Hall–Kier alpha value is -5.78. The summed E-state index contributed by atoms with van der Waals surface area (Å²) in [5, 5.41) is 24.5. The second kappa shape index (κ2) is 23.9. The van der Waals surface area contributed by atoms with Gasteiger partial charge in [0.25, 0.3) is 0 Å². The van der Waals surface area contributed by atoms with Gasteiger partial charge in [-0.1, -0.05) is 63.8 Å². The van der Waals surface area contributed by atoms with E-state index in [1.165, 1.54) is 67.6 Å². The molecule has 0 saturated heterocycles. The van der Waals surface area contributed by atoms with E-state index >= 15 is 0 Å². The molecule has 0 aromatic heterocycles. The van der Waals surface area contributed by atoms with E-state index in [4.69, 9.17) is 10.5 Å². The summed E-state index contributed by atoms with van der Waals surface area (Å²) in [5.41, 5.74) is 4.25. The number of carboxylic acids is 1. The zero-order valence-electron chi connectivity index (χ0n) is 37.5. The van der Waals surface area contributed by atoms with E-state index in [2.05, 4.69) is 20.3 Å². The predicted octanol–water partition coefficient (Wildman–Crippen LogP) is 9.23. The Bertz CT molecular complexity index is 2260. The Morgan fingerprint density at radius 2 is 1.06 bits per heavy atom. The summed E-state index contributed by atoms with van der Waals surface area (Å²) in [6.07, 6.45) is 4.40. The lowest BCUT2D eigenvalue weighted by Gasteiger charge is -2.37. The molecule has 0 radical (unpaired) electrons. The summed E-state index contributed by atoms with van der Waals surface area (Å²) in [7, 11) is 3.16. The van der Waals surface area contributed by atoms with Gasteiger partial charge in [-0.15, -0.1) is 0 Å². The first kappa shape index (κ1) is 51.9. The molecule has 4 aromatic rings. The summed E-state index contributed by atoms with van der Waals surface area (Å²) in [4.78, 5) is 25.8. The highest BCUT2D eigenvalue weighted by Crippen LogP contribution is 2.44. The highest BCUT2D eigenvalue weighted by molar-refractivity contribution is 6.11. The quantitative estimate of drug-likeness (QED) is 0.0704. The zero-order chi connectivity index (χ0) is 47.9. The molecule has 4 unspecified atom stereocenters. The lowest BCUT2D eigenvalue weighted by Crippen LogP contribution is -2.58. The molecule has 4 N–H and O–H groups in total. The van der Waals surface area contributed by atoms with Gasteiger partial charge in [-0.05, 0) is 86.3 Å². The molecule has 0 aliphatic carbocycles. The van der Waals surface area contributed by atoms with E-state index in [0.29, 0.717) is 61.2 Å². The van der Waals surface area contributed by atoms with Gasteiger partial charge >= 0.3 is 5.97 Å². The Balaban J connectivity index is 0.000000259. The van der Waals surface area contributed by atoms with Crippen molar-refractivity contribution < 1.29 is 50.5 Å². The number of amides is 1. The van der Waals surface area contributed by atoms with Crippen LogP contribution in [0.1, 0.15) is 77.3 Å². The summed E-state index contributed by atoms with van der Waals surface area (Å²) < 4.78 is 92.8. The van der Waals surface area contributed by atoms with Crippen LogP contribution in [0, 0.1) is 46.7 Å². The molecule has 0 spiro atoms. The molecule has 352 valence electrons. The number of ether oxygens (including phenoxy) is 2. The minimum Gasteiger partial charge on any atom is -0.479 e. The number of hydrazone groups is 2. The number of unbranched alkanes of at least 4 members (excludes halogenated alkanes) is 2. The molecule has 2 heterocycles. The number of hydrogen-bond acceptors (Lipinski definition) is 9. The standard InChI is InChI=1S/C24H28F3N3O2.C21H21F3N2O2.C3H9NO/c1-4-5-6-19-22(16-7-9-17(25)10-8-16)29-30(21-12-11-18(26)15-20(21)27)24(19,2)23(31)28-13-14-32-3;1-3-4-5-16-19(13-6-8-14(22)9-7-13)25-26(21(16,2)20(27)28)18-11-10-15(23)12-17(18)24;1-5-3-2-4/h7-12,15,19H,4-6,13-14H2,1-3H3,(H,28,31);6-12,16H,3-5H2,1-2H3,(H,27,28);2-4H2,1H3. The van der Waals surface area contributed by atoms with Crippen molar-refractivity contribution in [3.63, 3.8) is 0 Å². The Kier molecular flexibility index (Phi) is 19.1. The Morgan fingerprint density at radius 1 is 0.662 bits per heavy atom. The number of carbonyl (C=O) groups is 2. The van der Waals surface area contributed by atoms with E-state index in [9.17, 15) is 41.0 Å². The van der Waals surface area contributed by atoms with Crippen LogP contribution in [0.4, 0.5) is 37.7 Å². The van der Waals surface area contributed by atoms with Crippen molar-refractivity contribution >= 4 is 34.7 Å². The van der Waals surface area contributed by atoms with Gasteiger partial charge in [0.15, 0.2) is 17.2 Å². The van der Waals surface area contributed by atoms with Crippen molar-refractivity contribution in [1.82, 2.24) is 5.32 Å². The maximum absolute atomic E-state index is 14.8. The number of nitrogens with two attached hydrogens (primary N) is 1. The molecule has 2 aliphatic rings. The number of nitrogens with one attached hydrogen (secondary N) is 1. The molecule has 4 aromatic carbocycles. The topological polar surface area (TPSA) is 142 Å². The molecular formula is C48H58F6N6O5. The normalized spacial score (nSPS) is 20.0. The fraction of sp³-hybridized carbons (Fsp3) is 0.417. The molecule has 0 fully saturated rings. The summed E-state index contributed by atoms with van der Waals surface area (Å²) >= 11 is 0. The first-order valence-electron chi connectivity index (χ1n) is 21.4. The van der Waals surface area contributed by atoms with Gasteiger partial charge < -0.3 is 25.6 Å². The molecule has 17 heteroatoms. The number of hydrogen-bond donors (Lipinski definition) is 3. The molecule has 0 saturated carbocycles. The number of halogens is 6. The number of methoxy groups -OCH3 is 2. The van der Waals surface area contributed by atoms with Crippen molar-refractivity contribution in [1.29, 1.82) is 0 Å². The van der Waals surface area contributed by atoms with Gasteiger partial charge in [0.2, 0.25) is 5.91 Å². The van der Waals surface area contributed by atoms with Gasteiger partial charge in [-0.2, -0.15) is 10.2 Å². The van der Waals surface area contributed by atoms with Crippen LogP contribution in [-0.2, 0) is 19.1 Å². The number of nitrogens with zero attached hydrogens (tertiary/aromatic N) is 4. The van der Waals surface area contributed by atoms with Gasteiger partial charge in [0.1, 0.15) is 28.8 Å². The van der Waals surface area contributed by atoms with E-state index in [1.807, 2.05) is 13.8 Å². The molecule has 1 amide bonds. The molecule has 65 heavy (non-hydrogen) atoms. The van der Waals surface area contributed by atoms with Crippen LogP contribution in [0.5, 0.6) is 0 Å². The van der Waals surface area contributed by atoms with Crippen LogP contribution in [0.25, 0.3) is 0 Å². The number of carbonyl (C=O) groups excluding carboxylic acids is 1. The maximum Gasteiger partial charge on any atom is 0.332 e. The molecule has 0 bridgehead atoms. The van der Waals surface area contributed by atoms with Crippen molar-refractivity contribution in [2.45, 2.75) is 77.3 Å². The third-order valence-corrected chi connectivity index (χ3v) is 11.4. The zero-order valence-corrected chi connectivity index (χ0v) is 37.5. The molecule has 4 atom stereocenters. The third kappa shape index (κ3) is 12.1. The van der Waals surface area contributed by atoms with E-state index in [1.54, 1.807) is 26.2 Å². The van der Waals surface area contributed by atoms with Crippen molar-refractivity contribution in [2.75, 3.05) is 50.5 Å². The number of aliphatic carboxylic acids is 1. The van der Waals surface area contributed by atoms with Gasteiger partial charge in [-0.25, -0.2) is 41.2 Å². The highest BCUT2D eigenvalue weighted by Gasteiger charge is 2.55. The second-order valence-corrected chi connectivity index (χ2v) is 15.8. The predicted molar refractivity (Wildman–Crippen MR) is 240 cm³/mol. The van der Waals surface area contributed by atoms with Crippen molar-refractivity contribution in [3.05, 3.63) is 131 Å². The Labute approximate surface area is 376 Å². The van der Waals surface area contributed by atoms with Gasteiger partial charge in [0.05, 0.1) is 36.0 Å². The summed E-state index contributed by atoms with van der Waals surface area (Å²) in [6, 6.07) is 17.6. The van der Waals surface area contributed by atoms with Crippen LogP contribution in [0.2, 0.25) is 0 Å². The van der Waals surface area contributed by atoms with Crippen LogP contribution in [0.15, 0.2) is 95.1 Å². The van der Waals surface area contributed by atoms with Gasteiger partial charge in [-0.3, -0.25) is 4.79 Å². The van der Waals surface area contributed by atoms with Crippen molar-refractivity contribution in [3.8, 4) is 0 Å². The van der Waals surface area contributed by atoms with Gasteiger partial charge in [0, 0.05) is 51.3 Å². The number of carboxylic acid groups (broad SMARTS) is 1. The van der Waals surface area contributed by atoms with Crippen LogP contribution >= 0.6 is 0 Å². The van der Waals surface area contributed by atoms with Crippen LogP contribution in [0.3, 0.4) is 0 Å². The van der Waals surface area contributed by atoms with E-state index < -0.39 is 58.0 Å². The largest absolute Gasteiger partial charge is 0.479 e. The summed E-state index contributed by atoms with van der Waals surface area (Å²) in [6.45, 7) is 9.10. The molecular weight excluding hydrogens is 855 g/mol. The fourth-order valence-electron chi connectivity index (χ4n) is 7.77. The second-order valence-electron chi connectivity index (χ2n) is 15.8. The number of rotatable bonds is 17. The van der Waals surface area contributed by atoms with E-state index in [0.717, 1.165) is 48.9 Å². The van der Waals surface area contributed by atoms with Crippen LogP contribution in [-0.4, -0.2) is 80.0 Å². The number of anilines is 2. The average Bonchev–Trinajstić information content (AvgIpc) is 3.74. The molecule has 6 rings (SSSR count). The average molecular weight is 913 g/mol. The smallest absolute Gasteiger partial charge is 0.332 e. The molecule has 11 nitrogen and oxygen atoms in total. The lowest BCUT2D eigenvalue weighted by molar-refractivity contribution is -0.143.